The van der Waals surface area contributed by atoms with Crippen LogP contribution >= 0.6 is 11.6 Å². The van der Waals surface area contributed by atoms with Gasteiger partial charge in [0, 0.05) is 12.1 Å². The van der Waals surface area contributed by atoms with Gasteiger partial charge >= 0.3 is 6.18 Å². The van der Waals surface area contributed by atoms with Crippen LogP contribution < -0.4 is 4.74 Å². The average Bonchev–Trinajstić information content (AvgIpc) is 3.46. The summed E-state index contributed by atoms with van der Waals surface area (Å²) in [6.45, 7) is 4.31. The van der Waals surface area contributed by atoms with Gasteiger partial charge in [0.15, 0.2) is 0 Å². The molecule has 192 valence electrons. The fraction of sp³-hybridized carbons (Fsp3) is 0.286. The van der Waals surface area contributed by atoms with Crippen molar-refractivity contribution in [1.29, 1.82) is 0 Å². The standard InChI is InChI=1S/C28H25ClF3N3O2/c1-16-8-9-19(17-6-4-7-18(13-17)37-3)20(12-16)25(36)35-11-5-10-27(35,2)26-33-23-14-21(28(30,31)32)22(29)15-24(23)34-26/h4,6-9,12-15H,5,10-11H2,1-3H3,(H,33,34). The van der Waals surface area contributed by atoms with Gasteiger partial charge in [0.2, 0.25) is 0 Å². The van der Waals surface area contributed by atoms with Crippen LogP contribution in [0.4, 0.5) is 13.2 Å². The van der Waals surface area contributed by atoms with E-state index >= 15 is 0 Å². The first-order valence-electron chi connectivity index (χ1n) is 11.9. The Morgan fingerprint density at radius 3 is 2.68 bits per heavy atom. The molecule has 2 heterocycles. The van der Waals surface area contributed by atoms with Gasteiger partial charge in [0.05, 0.1) is 34.3 Å². The van der Waals surface area contributed by atoms with E-state index in [-0.39, 0.29) is 11.4 Å². The number of aromatic nitrogens is 2. The molecule has 1 fully saturated rings. The fourth-order valence-electron chi connectivity index (χ4n) is 5.06. The minimum absolute atomic E-state index is 0.153. The van der Waals surface area contributed by atoms with Gasteiger partial charge in [-0.2, -0.15) is 13.2 Å². The number of imidazole rings is 1. The number of carbonyl (C=O) groups is 1. The average molecular weight is 528 g/mol. The van der Waals surface area contributed by atoms with Gasteiger partial charge in [0.1, 0.15) is 11.6 Å². The largest absolute Gasteiger partial charge is 0.497 e. The van der Waals surface area contributed by atoms with Crippen LogP contribution in [0.25, 0.3) is 22.2 Å². The lowest BCUT2D eigenvalue weighted by Crippen LogP contribution is -2.43. The molecule has 1 saturated heterocycles. The zero-order chi connectivity index (χ0) is 26.5. The van der Waals surface area contributed by atoms with E-state index in [1.807, 2.05) is 56.3 Å². The minimum Gasteiger partial charge on any atom is -0.497 e. The number of aryl methyl sites for hydroxylation is 1. The number of methoxy groups -OCH3 is 1. The molecule has 9 heteroatoms. The summed E-state index contributed by atoms with van der Waals surface area (Å²) in [5, 5.41) is -0.401. The summed E-state index contributed by atoms with van der Waals surface area (Å²) in [6, 6.07) is 15.4. The Bertz CT molecular complexity index is 1510. The number of amides is 1. The van der Waals surface area contributed by atoms with E-state index in [0.29, 0.717) is 35.6 Å². The number of nitrogens with zero attached hydrogens (tertiary/aromatic N) is 2. The van der Waals surface area contributed by atoms with Gasteiger partial charge in [0.25, 0.3) is 5.91 Å². The van der Waals surface area contributed by atoms with Crippen LogP contribution in [-0.4, -0.2) is 34.4 Å². The lowest BCUT2D eigenvalue weighted by atomic mass is 9.94. The molecule has 37 heavy (non-hydrogen) atoms. The molecule has 0 aliphatic carbocycles. The van der Waals surface area contributed by atoms with Crippen LogP contribution in [-0.2, 0) is 11.7 Å². The normalized spacial score (nSPS) is 18.0. The van der Waals surface area contributed by atoms with Crippen LogP contribution in [0.2, 0.25) is 5.02 Å². The smallest absolute Gasteiger partial charge is 0.417 e. The van der Waals surface area contributed by atoms with Crippen molar-refractivity contribution in [3.05, 3.63) is 82.1 Å². The Hall–Kier alpha value is -3.52. The van der Waals surface area contributed by atoms with Crippen molar-refractivity contribution in [2.75, 3.05) is 13.7 Å². The van der Waals surface area contributed by atoms with E-state index < -0.39 is 22.3 Å². The maximum absolute atomic E-state index is 14.1. The monoisotopic (exact) mass is 527 g/mol. The van der Waals surface area contributed by atoms with Crippen LogP contribution in [0.15, 0.2) is 54.6 Å². The molecule has 1 aromatic heterocycles. The van der Waals surface area contributed by atoms with E-state index in [0.717, 1.165) is 29.2 Å². The number of H-pyrrole nitrogens is 1. The van der Waals surface area contributed by atoms with E-state index in [4.69, 9.17) is 16.3 Å². The molecular weight excluding hydrogens is 503 g/mol. The second-order valence-electron chi connectivity index (χ2n) is 9.55. The summed E-state index contributed by atoms with van der Waals surface area (Å²) in [4.78, 5) is 23.5. The van der Waals surface area contributed by atoms with E-state index in [2.05, 4.69) is 9.97 Å². The zero-order valence-electron chi connectivity index (χ0n) is 20.5. The summed E-state index contributed by atoms with van der Waals surface area (Å²) in [5.74, 6) is 0.942. The summed E-state index contributed by atoms with van der Waals surface area (Å²) >= 11 is 5.92. The van der Waals surface area contributed by atoms with Crippen LogP contribution in [0, 0.1) is 6.92 Å². The van der Waals surface area contributed by atoms with E-state index in [1.54, 1.807) is 12.0 Å². The first-order chi connectivity index (χ1) is 17.5. The number of fused-ring (bicyclic) bond motifs is 1. The predicted molar refractivity (Wildman–Crippen MR) is 137 cm³/mol. The van der Waals surface area contributed by atoms with Gasteiger partial charge < -0.3 is 14.6 Å². The molecule has 1 N–H and O–H groups in total. The number of ether oxygens (including phenoxy) is 1. The van der Waals surface area contributed by atoms with E-state index in [9.17, 15) is 18.0 Å². The van der Waals surface area contributed by atoms with Gasteiger partial charge in [-0.15, -0.1) is 0 Å². The molecule has 4 aromatic rings. The first-order valence-corrected chi connectivity index (χ1v) is 12.2. The van der Waals surface area contributed by atoms with Gasteiger partial charge in [-0.05, 0) is 68.1 Å². The second kappa shape index (κ2) is 9.10. The first kappa shape index (κ1) is 25.1. The number of hydrogen-bond donors (Lipinski definition) is 1. The van der Waals surface area contributed by atoms with Crippen molar-refractivity contribution >= 4 is 28.5 Å². The highest BCUT2D eigenvalue weighted by atomic mass is 35.5. The van der Waals surface area contributed by atoms with Gasteiger partial charge in [-0.3, -0.25) is 4.79 Å². The lowest BCUT2D eigenvalue weighted by Gasteiger charge is -2.34. The molecule has 0 spiro atoms. The second-order valence-corrected chi connectivity index (χ2v) is 9.95. The van der Waals surface area contributed by atoms with Crippen molar-refractivity contribution in [2.24, 2.45) is 0 Å². The maximum atomic E-state index is 14.1. The molecule has 1 unspecified atom stereocenters. The molecule has 1 atom stereocenters. The molecule has 1 aliphatic heterocycles. The summed E-state index contributed by atoms with van der Waals surface area (Å²) in [5.41, 5.74) is 1.87. The molecule has 1 aliphatic rings. The molecule has 5 nitrogen and oxygen atoms in total. The van der Waals surface area contributed by atoms with Crippen LogP contribution in [0.3, 0.4) is 0 Å². The Kier molecular flexibility index (Phi) is 6.18. The third-order valence-corrected chi connectivity index (χ3v) is 7.37. The third kappa shape index (κ3) is 4.44. The lowest BCUT2D eigenvalue weighted by molar-refractivity contribution is -0.137. The van der Waals surface area contributed by atoms with Crippen molar-refractivity contribution in [3.63, 3.8) is 0 Å². The summed E-state index contributed by atoms with van der Waals surface area (Å²) in [6.07, 6.45) is -3.25. The predicted octanol–water partition coefficient (Wildman–Crippen LogP) is 7.37. The number of aromatic amines is 1. The molecule has 0 radical (unpaired) electrons. The Balaban J connectivity index is 1.57. The molecule has 0 bridgehead atoms. The Morgan fingerprint density at radius 2 is 1.95 bits per heavy atom. The fourth-order valence-corrected chi connectivity index (χ4v) is 5.33. The Labute approximate surface area is 217 Å². The zero-order valence-corrected chi connectivity index (χ0v) is 21.3. The molecule has 5 rings (SSSR count). The quantitative estimate of drug-likeness (QED) is 0.301. The highest BCUT2D eigenvalue weighted by molar-refractivity contribution is 6.32. The van der Waals surface area contributed by atoms with E-state index in [1.165, 1.54) is 6.07 Å². The topological polar surface area (TPSA) is 58.2 Å². The molecule has 3 aromatic carbocycles. The number of benzene rings is 3. The summed E-state index contributed by atoms with van der Waals surface area (Å²) in [7, 11) is 1.59. The number of alkyl halides is 3. The van der Waals surface area contributed by atoms with Crippen molar-refractivity contribution in [1.82, 2.24) is 14.9 Å². The minimum atomic E-state index is -4.59. The number of likely N-dealkylation sites (tertiary alicyclic amines) is 1. The molecule has 1 amide bonds. The molecule has 0 saturated carbocycles. The number of halogens is 4. The highest BCUT2D eigenvalue weighted by Crippen LogP contribution is 2.42. The van der Waals surface area contributed by atoms with Crippen LogP contribution in [0.5, 0.6) is 5.75 Å². The van der Waals surface area contributed by atoms with Gasteiger partial charge in [-0.1, -0.05) is 41.4 Å². The number of nitrogens with one attached hydrogen (secondary N) is 1. The highest BCUT2D eigenvalue weighted by Gasteiger charge is 2.44. The van der Waals surface area contributed by atoms with Crippen molar-refractivity contribution in [2.45, 2.75) is 38.4 Å². The number of hydrogen-bond acceptors (Lipinski definition) is 3. The Morgan fingerprint density at radius 1 is 1.16 bits per heavy atom. The van der Waals surface area contributed by atoms with Gasteiger partial charge in [-0.25, -0.2) is 4.98 Å². The van der Waals surface area contributed by atoms with Crippen molar-refractivity contribution in [3.8, 4) is 16.9 Å². The SMILES string of the molecule is COc1cccc(-c2ccc(C)cc2C(=O)N2CCCC2(C)c2nc3cc(C(F)(F)F)c(Cl)cc3[nH]2)c1. The third-order valence-electron chi connectivity index (χ3n) is 7.06. The number of carbonyl (C=O) groups excluding carboxylic acids is 1. The maximum Gasteiger partial charge on any atom is 0.417 e. The number of rotatable bonds is 4. The van der Waals surface area contributed by atoms with Crippen LogP contribution in [0.1, 0.15) is 47.1 Å². The van der Waals surface area contributed by atoms with Crippen molar-refractivity contribution < 1.29 is 22.7 Å². The molecular formula is C28H25ClF3N3O2. The summed E-state index contributed by atoms with van der Waals surface area (Å²) < 4.78 is 45.5.